The van der Waals surface area contributed by atoms with Gasteiger partial charge in [-0.2, -0.15) is 0 Å². The molecule has 1 aliphatic rings. The number of ketones is 1. The van der Waals surface area contributed by atoms with Crippen molar-refractivity contribution in [1.82, 2.24) is 0 Å². The lowest BCUT2D eigenvalue weighted by Crippen LogP contribution is -2.27. The van der Waals surface area contributed by atoms with Crippen LogP contribution < -0.4 is 9.64 Å². The van der Waals surface area contributed by atoms with Crippen LogP contribution in [0.3, 0.4) is 0 Å². The number of Topliss-reactive ketones (excluding diaryl/α,β-unsaturated/α-hetero) is 1. The first-order valence-corrected chi connectivity index (χ1v) is 11.8. The summed E-state index contributed by atoms with van der Waals surface area (Å²) in [5, 5.41) is 0.547. The predicted molar refractivity (Wildman–Crippen MR) is 133 cm³/mol. The number of carbonyl (C=O) groups excluding carboxylic acids is 4. The number of nitrogens with zero attached hydrogens (tertiary/aromatic N) is 1. The topological polar surface area (TPSA) is 90.0 Å². The van der Waals surface area contributed by atoms with Crippen LogP contribution in [0, 0.1) is 5.92 Å². The Balaban J connectivity index is 1.28. The van der Waals surface area contributed by atoms with E-state index in [1.165, 1.54) is 29.2 Å². The molecule has 0 bridgehead atoms. The number of halogens is 2. The summed E-state index contributed by atoms with van der Waals surface area (Å²) in [6.45, 7) is -0.283. The molecule has 0 spiro atoms. The smallest absolute Gasteiger partial charge is 0.343 e. The number of benzene rings is 3. The molecule has 9 heteroatoms. The first-order valence-electron chi connectivity index (χ1n) is 10.6. The summed E-state index contributed by atoms with van der Waals surface area (Å²) in [6, 6.07) is 19.4. The summed E-state index contributed by atoms with van der Waals surface area (Å²) < 4.78 is 11.3. The third-order valence-corrected chi connectivity index (χ3v) is 6.19. The van der Waals surface area contributed by atoms with Gasteiger partial charge >= 0.3 is 11.9 Å². The molecule has 35 heavy (non-hydrogen) atoms. The van der Waals surface area contributed by atoms with E-state index < -0.39 is 30.2 Å². The molecule has 0 aliphatic carbocycles. The van der Waals surface area contributed by atoms with Crippen LogP contribution in [0.15, 0.2) is 77.3 Å². The molecule has 1 saturated heterocycles. The molecule has 0 unspecified atom stereocenters. The van der Waals surface area contributed by atoms with Crippen LogP contribution in [0.4, 0.5) is 5.69 Å². The fourth-order valence-electron chi connectivity index (χ4n) is 3.53. The summed E-state index contributed by atoms with van der Waals surface area (Å²) >= 11 is 9.19. The Morgan fingerprint density at radius 3 is 2.20 bits per heavy atom. The average Bonchev–Trinajstić information content (AvgIpc) is 3.25. The van der Waals surface area contributed by atoms with Gasteiger partial charge in [0.15, 0.2) is 12.4 Å². The van der Waals surface area contributed by atoms with Crippen LogP contribution in [-0.4, -0.2) is 36.8 Å². The molecule has 7 nitrogen and oxygen atoms in total. The van der Waals surface area contributed by atoms with Crippen molar-refractivity contribution in [3.05, 3.63) is 93.4 Å². The van der Waals surface area contributed by atoms with Crippen molar-refractivity contribution >= 4 is 56.8 Å². The summed E-state index contributed by atoms with van der Waals surface area (Å²) in [4.78, 5) is 50.9. The Labute approximate surface area is 214 Å². The number of esters is 2. The van der Waals surface area contributed by atoms with E-state index in [0.717, 1.165) is 4.47 Å². The standard InChI is InChI=1S/C26H19BrClNO6/c27-19-5-1-17(2-6-19)26(33)35-22-11-3-16(4-12-22)23(30)15-34-25(32)18-13-24(31)29(14-18)21-9-7-20(28)8-10-21/h1-12,18H,13-15H2/t18-/m1/s1. The zero-order valence-electron chi connectivity index (χ0n) is 18.3. The van der Waals surface area contributed by atoms with Crippen LogP contribution in [0.2, 0.25) is 5.02 Å². The second-order valence-corrected chi connectivity index (χ2v) is 9.19. The van der Waals surface area contributed by atoms with E-state index in [1.807, 2.05) is 0 Å². The van der Waals surface area contributed by atoms with Gasteiger partial charge in [-0.05, 0) is 72.8 Å². The minimum Gasteiger partial charge on any atom is -0.457 e. The summed E-state index contributed by atoms with van der Waals surface area (Å²) in [7, 11) is 0. The molecule has 4 rings (SSSR count). The van der Waals surface area contributed by atoms with E-state index in [2.05, 4.69) is 15.9 Å². The molecule has 1 aliphatic heterocycles. The average molecular weight is 557 g/mol. The van der Waals surface area contributed by atoms with Crippen molar-refractivity contribution in [3.8, 4) is 5.75 Å². The highest BCUT2D eigenvalue weighted by atomic mass is 79.9. The van der Waals surface area contributed by atoms with Crippen LogP contribution in [0.5, 0.6) is 5.75 Å². The van der Waals surface area contributed by atoms with E-state index in [0.29, 0.717) is 21.8 Å². The lowest BCUT2D eigenvalue weighted by Gasteiger charge is -2.16. The minimum absolute atomic E-state index is 0.00802. The maximum absolute atomic E-state index is 12.5. The maximum Gasteiger partial charge on any atom is 0.343 e. The van der Waals surface area contributed by atoms with Gasteiger partial charge < -0.3 is 14.4 Å². The molecule has 1 heterocycles. The zero-order valence-corrected chi connectivity index (χ0v) is 20.6. The number of ether oxygens (including phenoxy) is 2. The maximum atomic E-state index is 12.5. The largest absolute Gasteiger partial charge is 0.457 e. The van der Waals surface area contributed by atoms with Gasteiger partial charge in [-0.1, -0.05) is 27.5 Å². The van der Waals surface area contributed by atoms with Crippen molar-refractivity contribution in [2.45, 2.75) is 6.42 Å². The Kier molecular flexibility index (Phi) is 7.63. The monoisotopic (exact) mass is 555 g/mol. The molecule has 0 radical (unpaired) electrons. The van der Waals surface area contributed by atoms with Crippen LogP contribution >= 0.6 is 27.5 Å². The SMILES string of the molecule is O=C(COC(=O)[C@@H]1CC(=O)N(c2ccc(Cl)cc2)C1)c1ccc(OC(=O)c2ccc(Br)cc2)cc1. The Morgan fingerprint density at radius 1 is 0.914 bits per heavy atom. The lowest BCUT2D eigenvalue weighted by molar-refractivity contribution is -0.147. The highest BCUT2D eigenvalue weighted by Crippen LogP contribution is 2.27. The van der Waals surface area contributed by atoms with E-state index in [9.17, 15) is 19.2 Å². The molecule has 3 aromatic carbocycles. The fraction of sp³-hybridized carbons (Fsp3) is 0.154. The normalized spacial score (nSPS) is 15.1. The van der Waals surface area contributed by atoms with Crippen LogP contribution in [0.1, 0.15) is 27.1 Å². The summed E-state index contributed by atoms with van der Waals surface area (Å²) in [6.07, 6.45) is 0.00802. The van der Waals surface area contributed by atoms with Gasteiger partial charge in [0, 0.05) is 33.7 Å². The van der Waals surface area contributed by atoms with Gasteiger partial charge in [0.2, 0.25) is 5.91 Å². The quantitative estimate of drug-likeness (QED) is 0.229. The first kappa shape index (κ1) is 24.6. The van der Waals surface area contributed by atoms with Gasteiger partial charge in [-0.3, -0.25) is 14.4 Å². The molecular formula is C26H19BrClNO6. The molecule has 1 fully saturated rings. The Hall–Kier alpha value is -3.49. The number of hydrogen-bond acceptors (Lipinski definition) is 6. The number of anilines is 1. The van der Waals surface area contributed by atoms with Crippen molar-refractivity contribution in [3.63, 3.8) is 0 Å². The van der Waals surface area contributed by atoms with Crippen molar-refractivity contribution < 1.29 is 28.7 Å². The fourth-order valence-corrected chi connectivity index (χ4v) is 3.93. The van der Waals surface area contributed by atoms with Crippen molar-refractivity contribution in [2.75, 3.05) is 18.1 Å². The zero-order chi connectivity index (χ0) is 24.9. The molecule has 0 aromatic heterocycles. The van der Waals surface area contributed by atoms with Gasteiger partial charge in [0.1, 0.15) is 5.75 Å². The second kappa shape index (κ2) is 10.8. The highest BCUT2D eigenvalue weighted by molar-refractivity contribution is 9.10. The molecule has 0 saturated carbocycles. The van der Waals surface area contributed by atoms with Crippen LogP contribution in [0.25, 0.3) is 0 Å². The molecule has 1 amide bonds. The van der Waals surface area contributed by atoms with Gasteiger partial charge in [-0.15, -0.1) is 0 Å². The van der Waals surface area contributed by atoms with Gasteiger partial charge in [-0.25, -0.2) is 4.79 Å². The van der Waals surface area contributed by atoms with Crippen molar-refractivity contribution in [2.24, 2.45) is 5.92 Å². The molecule has 1 atom stereocenters. The number of hydrogen-bond donors (Lipinski definition) is 0. The number of carbonyl (C=O) groups is 4. The Morgan fingerprint density at radius 2 is 1.54 bits per heavy atom. The lowest BCUT2D eigenvalue weighted by atomic mass is 10.1. The van der Waals surface area contributed by atoms with Crippen molar-refractivity contribution in [1.29, 1.82) is 0 Å². The third kappa shape index (κ3) is 6.15. The third-order valence-electron chi connectivity index (χ3n) is 5.41. The van der Waals surface area contributed by atoms with E-state index in [-0.39, 0.29) is 24.6 Å². The number of rotatable bonds is 7. The predicted octanol–water partition coefficient (Wildman–Crippen LogP) is 5.10. The number of amides is 1. The first-order chi connectivity index (χ1) is 16.8. The van der Waals surface area contributed by atoms with Gasteiger partial charge in [0.25, 0.3) is 0 Å². The van der Waals surface area contributed by atoms with E-state index in [1.54, 1.807) is 48.5 Å². The highest BCUT2D eigenvalue weighted by Gasteiger charge is 2.36. The summed E-state index contributed by atoms with van der Waals surface area (Å²) in [5.41, 5.74) is 1.33. The summed E-state index contributed by atoms with van der Waals surface area (Å²) in [5.74, 6) is -2.13. The molecular weight excluding hydrogens is 538 g/mol. The van der Waals surface area contributed by atoms with E-state index >= 15 is 0 Å². The molecule has 0 N–H and O–H groups in total. The second-order valence-electron chi connectivity index (χ2n) is 7.83. The van der Waals surface area contributed by atoms with Gasteiger partial charge in [0.05, 0.1) is 11.5 Å². The molecule has 3 aromatic rings. The minimum atomic E-state index is -0.661. The van der Waals surface area contributed by atoms with E-state index in [4.69, 9.17) is 21.1 Å². The van der Waals surface area contributed by atoms with Crippen LogP contribution in [-0.2, 0) is 14.3 Å². The molecule has 178 valence electrons. The Bertz CT molecular complexity index is 1260.